The molecule has 0 saturated heterocycles. The van der Waals surface area contributed by atoms with Crippen LogP contribution in [0.3, 0.4) is 0 Å². The minimum Gasteiger partial charge on any atom is -0.493 e. The van der Waals surface area contributed by atoms with Crippen LogP contribution in [0.5, 0.6) is 5.75 Å². The summed E-state index contributed by atoms with van der Waals surface area (Å²) in [6.07, 6.45) is -0.222. The van der Waals surface area contributed by atoms with E-state index in [1.165, 1.54) is 0 Å². The van der Waals surface area contributed by atoms with E-state index in [9.17, 15) is 4.79 Å². The third-order valence-electron chi connectivity index (χ3n) is 4.15. The van der Waals surface area contributed by atoms with Gasteiger partial charge in [0.25, 0.3) is 5.91 Å². The predicted molar refractivity (Wildman–Crippen MR) is 96.3 cm³/mol. The number of fused-ring (bicyclic) bond motifs is 1. The van der Waals surface area contributed by atoms with Gasteiger partial charge in [-0.05, 0) is 31.0 Å². The van der Waals surface area contributed by atoms with Crippen molar-refractivity contribution in [3.63, 3.8) is 0 Å². The van der Waals surface area contributed by atoms with E-state index in [0.717, 1.165) is 22.6 Å². The number of carbonyl (C=O) groups is 1. The van der Waals surface area contributed by atoms with Crippen molar-refractivity contribution in [1.29, 1.82) is 0 Å². The summed E-state index contributed by atoms with van der Waals surface area (Å²) in [6, 6.07) is 15.6. The second kappa shape index (κ2) is 6.95. The second-order valence-corrected chi connectivity index (χ2v) is 6.43. The van der Waals surface area contributed by atoms with Crippen LogP contribution in [0.4, 0.5) is 5.69 Å². The van der Waals surface area contributed by atoms with Gasteiger partial charge < -0.3 is 15.0 Å². The van der Waals surface area contributed by atoms with Gasteiger partial charge in [-0.3, -0.25) is 4.79 Å². The quantitative estimate of drug-likeness (QED) is 0.891. The molecular weight excluding hydrogens is 300 g/mol. The van der Waals surface area contributed by atoms with E-state index in [0.29, 0.717) is 19.1 Å². The van der Waals surface area contributed by atoms with E-state index in [2.05, 4.69) is 19.2 Å². The Kier molecular flexibility index (Phi) is 4.74. The number of ether oxygens (including phenoxy) is 1. The van der Waals surface area contributed by atoms with Crippen molar-refractivity contribution in [2.45, 2.75) is 26.9 Å². The van der Waals surface area contributed by atoms with Crippen LogP contribution in [0, 0.1) is 5.92 Å². The molecule has 0 radical (unpaired) electrons. The fraction of sp³-hybridized carbons (Fsp3) is 0.350. The van der Waals surface area contributed by atoms with Crippen molar-refractivity contribution in [3.8, 4) is 5.75 Å². The van der Waals surface area contributed by atoms with Crippen LogP contribution in [0.25, 0.3) is 0 Å². The SMILES string of the molecule is CCN1C(=O)c2ccccc2NC1c1ccccc1OCC(C)C. The average molecular weight is 324 g/mol. The standard InChI is InChI=1S/C20H24N2O2/c1-4-22-19(21-17-11-7-5-9-15(17)20(22)23)16-10-6-8-12-18(16)24-13-14(2)3/h5-12,14,19,21H,4,13H2,1-3H3. The summed E-state index contributed by atoms with van der Waals surface area (Å²) in [6.45, 7) is 7.53. The Bertz CT molecular complexity index is 727. The third-order valence-corrected chi connectivity index (χ3v) is 4.15. The second-order valence-electron chi connectivity index (χ2n) is 6.43. The van der Waals surface area contributed by atoms with Gasteiger partial charge in [0.05, 0.1) is 12.2 Å². The highest BCUT2D eigenvalue weighted by Crippen LogP contribution is 2.36. The topological polar surface area (TPSA) is 41.6 Å². The molecular formula is C20H24N2O2. The number of rotatable bonds is 5. The maximum absolute atomic E-state index is 12.9. The summed E-state index contributed by atoms with van der Waals surface area (Å²) in [5.74, 6) is 1.33. The fourth-order valence-electron chi connectivity index (χ4n) is 2.96. The van der Waals surface area contributed by atoms with Gasteiger partial charge in [-0.1, -0.05) is 44.2 Å². The van der Waals surface area contributed by atoms with Crippen LogP contribution in [0.1, 0.15) is 42.9 Å². The first-order valence-electron chi connectivity index (χ1n) is 8.50. The minimum atomic E-state index is -0.222. The molecule has 0 bridgehead atoms. The zero-order valence-corrected chi connectivity index (χ0v) is 14.5. The number of anilines is 1. The number of para-hydroxylation sites is 2. The highest BCUT2D eigenvalue weighted by atomic mass is 16.5. The summed E-state index contributed by atoms with van der Waals surface area (Å²) in [5.41, 5.74) is 2.58. The summed E-state index contributed by atoms with van der Waals surface area (Å²) in [4.78, 5) is 14.7. The number of nitrogens with zero attached hydrogens (tertiary/aromatic N) is 1. The van der Waals surface area contributed by atoms with Crippen LogP contribution in [0.15, 0.2) is 48.5 Å². The van der Waals surface area contributed by atoms with Crippen LogP contribution in [-0.2, 0) is 0 Å². The number of carbonyl (C=O) groups excluding carboxylic acids is 1. The lowest BCUT2D eigenvalue weighted by Crippen LogP contribution is -2.42. The lowest BCUT2D eigenvalue weighted by Gasteiger charge is -2.38. The van der Waals surface area contributed by atoms with Gasteiger partial charge >= 0.3 is 0 Å². The summed E-state index contributed by atoms with van der Waals surface area (Å²) >= 11 is 0. The maximum atomic E-state index is 12.9. The molecule has 0 spiro atoms. The molecule has 0 saturated carbocycles. The van der Waals surface area contributed by atoms with Crippen molar-refractivity contribution in [3.05, 3.63) is 59.7 Å². The van der Waals surface area contributed by atoms with Crippen LogP contribution < -0.4 is 10.1 Å². The molecule has 1 N–H and O–H groups in total. The van der Waals surface area contributed by atoms with Crippen molar-refractivity contribution in [2.24, 2.45) is 5.92 Å². The van der Waals surface area contributed by atoms with Crippen LogP contribution >= 0.6 is 0 Å². The number of nitrogens with one attached hydrogen (secondary N) is 1. The maximum Gasteiger partial charge on any atom is 0.257 e. The average Bonchev–Trinajstić information content (AvgIpc) is 2.60. The zero-order chi connectivity index (χ0) is 17.1. The van der Waals surface area contributed by atoms with Crippen molar-refractivity contribution < 1.29 is 9.53 Å². The van der Waals surface area contributed by atoms with Crippen molar-refractivity contribution in [1.82, 2.24) is 4.90 Å². The molecule has 4 nitrogen and oxygen atoms in total. The molecule has 0 fully saturated rings. The van der Waals surface area contributed by atoms with E-state index >= 15 is 0 Å². The lowest BCUT2D eigenvalue weighted by atomic mass is 10.0. The smallest absolute Gasteiger partial charge is 0.257 e. The Labute approximate surface area is 143 Å². The first-order chi connectivity index (χ1) is 11.6. The van der Waals surface area contributed by atoms with Crippen molar-refractivity contribution in [2.75, 3.05) is 18.5 Å². The van der Waals surface area contributed by atoms with Gasteiger partial charge in [0, 0.05) is 17.8 Å². The molecule has 1 atom stereocenters. The Morgan fingerprint density at radius 2 is 1.83 bits per heavy atom. The monoisotopic (exact) mass is 324 g/mol. The summed E-state index contributed by atoms with van der Waals surface area (Å²) in [7, 11) is 0. The number of benzene rings is 2. The molecule has 1 aliphatic heterocycles. The van der Waals surface area contributed by atoms with E-state index < -0.39 is 0 Å². The van der Waals surface area contributed by atoms with E-state index in [1.54, 1.807) is 0 Å². The molecule has 4 heteroatoms. The molecule has 1 aliphatic rings. The lowest BCUT2D eigenvalue weighted by molar-refractivity contribution is 0.0692. The Hall–Kier alpha value is -2.49. The summed E-state index contributed by atoms with van der Waals surface area (Å²) < 4.78 is 5.99. The Balaban J connectivity index is 1.98. The number of amides is 1. The van der Waals surface area contributed by atoms with Gasteiger partial charge in [0.15, 0.2) is 0 Å². The Morgan fingerprint density at radius 3 is 2.58 bits per heavy atom. The largest absolute Gasteiger partial charge is 0.493 e. The molecule has 0 aliphatic carbocycles. The van der Waals surface area contributed by atoms with Gasteiger partial charge in [-0.25, -0.2) is 0 Å². The minimum absolute atomic E-state index is 0.0514. The molecule has 1 unspecified atom stereocenters. The highest BCUT2D eigenvalue weighted by Gasteiger charge is 2.33. The van der Waals surface area contributed by atoms with Gasteiger partial charge in [0.2, 0.25) is 0 Å². The van der Waals surface area contributed by atoms with E-state index in [-0.39, 0.29) is 12.1 Å². The first kappa shape index (κ1) is 16.4. The molecule has 126 valence electrons. The van der Waals surface area contributed by atoms with Crippen molar-refractivity contribution >= 4 is 11.6 Å². The number of hydrogen-bond acceptors (Lipinski definition) is 3. The predicted octanol–water partition coefficient (Wildman–Crippen LogP) is 4.31. The van der Waals surface area contributed by atoms with Gasteiger partial charge in [-0.2, -0.15) is 0 Å². The number of hydrogen-bond donors (Lipinski definition) is 1. The van der Waals surface area contributed by atoms with Gasteiger partial charge in [-0.15, -0.1) is 0 Å². The van der Waals surface area contributed by atoms with E-state index in [1.807, 2.05) is 60.4 Å². The van der Waals surface area contributed by atoms with Crippen LogP contribution in [0.2, 0.25) is 0 Å². The molecule has 24 heavy (non-hydrogen) atoms. The zero-order valence-electron chi connectivity index (χ0n) is 14.5. The summed E-state index contributed by atoms with van der Waals surface area (Å²) in [5, 5.41) is 3.50. The fourth-order valence-corrected chi connectivity index (χ4v) is 2.96. The molecule has 1 amide bonds. The van der Waals surface area contributed by atoms with Gasteiger partial charge in [0.1, 0.15) is 11.9 Å². The van der Waals surface area contributed by atoms with E-state index in [4.69, 9.17) is 4.74 Å². The highest BCUT2D eigenvalue weighted by molar-refractivity contribution is 6.01. The molecule has 0 aromatic heterocycles. The Morgan fingerprint density at radius 1 is 1.12 bits per heavy atom. The van der Waals surface area contributed by atoms with Crippen LogP contribution in [-0.4, -0.2) is 24.0 Å². The molecule has 2 aromatic rings. The molecule has 2 aromatic carbocycles. The molecule has 3 rings (SSSR count). The normalized spacial score (nSPS) is 16.8. The third kappa shape index (κ3) is 3.09. The first-order valence-corrected chi connectivity index (χ1v) is 8.50. The molecule has 1 heterocycles.